The molecule has 5 nitrogen and oxygen atoms in total. The molecule has 3 unspecified atom stereocenters. The quantitative estimate of drug-likeness (QED) is 0.928. The maximum absolute atomic E-state index is 12.5. The lowest BCUT2D eigenvalue weighted by atomic mass is 9.77. The van der Waals surface area contributed by atoms with Crippen LogP contribution in [0.5, 0.6) is 0 Å². The Morgan fingerprint density at radius 2 is 2.25 bits per heavy atom. The minimum atomic E-state index is -0.0409. The summed E-state index contributed by atoms with van der Waals surface area (Å²) in [7, 11) is 0. The molecule has 2 aromatic rings. The Labute approximate surface area is 118 Å². The summed E-state index contributed by atoms with van der Waals surface area (Å²) in [6.45, 7) is 2.85. The van der Waals surface area contributed by atoms with Crippen molar-refractivity contribution in [3.63, 3.8) is 0 Å². The molecule has 0 aliphatic heterocycles. The van der Waals surface area contributed by atoms with Gasteiger partial charge in [-0.15, -0.1) is 5.10 Å². The molecule has 0 aromatic carbocycles. The molecule has 0 spiro atoms. The number of nitrogens with zero attached hydrogens (tertiary/aromatic N) is 3. The molecule has 1 saturated carbocycles. The lowest BCUT2D eigenvalue weighted by Gasteiger charge is -2.34. The second-order valence-electron chi connectivity index (χ2n) is 5.81. The lowest BCUT2D eigenvalue weighted by molar-refractivity contribution is 0.169. The first kappa shape index (κ1) is 13.4. The van der Waals surface area contributed by atoms with Gasteiger partial charge in [0.15, 0.2) is 5.65 Å². The predicted molar refractivity (Wildman–Crippen MR) is 78.7 cm³/mol. The number of hydrogen-bond acceptors (Lipinski definition) is 3. The van der Waals surface area contributed by atoms with Crippen LogP contribution in [-0.4, -0.2) is 20.7 Å². The largest absolute Gasteiger partial charge is 0.350 e. The molecule has 2 heterocycles. The number of pyridine rings is 1. The van der Waals surface area contributed by atoms with Crippen LogP contribution < -0.4 is 11.4 Å². The lowest BCUT2D eigenvalue weighted by Crippen LogP contribution is -2.37. The zero-order chi connectivity index (χ0) is 14.1. The fraction of sp³-hybridized carbons (Fsp3) is 0.600. The highest BCUT2D eigenvalue weighted by atomic mass is 16.2. The third-order valence-electron chi connectivity index (χ3n) is 4.71. The van der Waals surface area contributed by atoms with Crippen LogP contribution in [0.4, 0.5) is 0 Å². The Morgan fingerprint density at radius 3 is 2.95 bits per heavy atom. The van der Waals surface area contributed by atoms with E-state index in [0.717, 1.165) is 19.3 Å². The Kier molecular flexibility index (Phi) is 3.61. The smallest absolute Gasteiger partial charge is 0.330 e. The molecule has 0 amide bonds. The van der Waals surface area contributed by atoms with E-state index in [9.17, 15) is 4.79 Å². The van der Waals surface area contributed by atoms with Gasteiger partial charge >= 0.3 is 5.69 Å². The summed E-state index contributed by atoms with van der Waals surface area (Å²) >= 11 is 0. The minimum Gasteiger partial charge on any atom is -0.330 e. The van der Waals surface area contributed by atoms with Crippen LogP contribution in [0.15, 0.2) is 29.2 Å². The van der Waals surface area contributed by atoms with Crippen LogP contribution in [0.25, 0.3) is 5.65 Å². The van der Waals surface area contributed by atoms with Crippen molar-refractivity contribution in [1.29, 1.82) is 0 Å². The van der Waals surface area contributed by atoms with Gasteiger partial charge in [0.1, 0.15) is 0 Å². The van der Waals surface area contributed by atoms with E-state index in [1.165, 1.54) is 6.42 Å². The Morgan fingerprint density at radius 1 is 1.40 bits per heavy atom. The predicted octanol–water partition coefficient (Wildman–Crippen LogP) is 1.82. The van der Waals surface area contributed by atoms with Crippen LogP contribution in [0.2, 0.25) is 0 Å². The first-order valence-electron chi connectivity index (χ1n) is 7.50. The monoisotopic (exact) mass is 274 g/mol. The van der Waals surface area contributed by atoms with Crippen molar-refractivity contribution in [2.75, 3.05) is 6.54 Å². The Bertz CT molecular complexity index is 645. The van der Waals surface area contributed by atoms with Crippen molar-refractivity contribution in [2.24, 2.45) is 17.6 Å². The summed E-state index contributed by atoms with van der Waals surface area (Å²) in [5.41, 5.74) is 6.59. The number of fused-ring (bicyclic) bond motifs is 1. The SMILES string of the molecule is CCC1CCC(CN)C(n2nc3ccccn3c2=O)C1. The standard InChI is InChI=1S/C15H22N4O/c1-2-11-6-7-12(10-16)13(9-11)19-15(20)18-8-4-3-5-14(18)17-19/h3-5,8,11-13H,2,6-7,9-10,16H2,1H3. The van der Waals surface area contributed by atoms with E-state index in [4.69, 9.17) is 5.73 Å². The maximum atomic E-state index is 12.5. The molecule has 3 rings (SSSR count). The van der Waals surface area contributed by atoms with E-state index in [2.05, 4.69) is 12.0 Å². The van der Waals surface area contributed by atoms with Crippen LogP contribution in [0.1, 0.15) is 38.6 Å². The Hall–Kier alpha value is -1.62. The van der Waals surface area contributed by atoms with Gasteiger partial charge in [-0.3, -0.25) is 4.40 Å². The van der Waals surface area contributed by atoms with Crippen molar-refractivity contribution in [1.82, 2.24) is 14.2 Å². The normalized spacial score (nSPS) is 27.0. The van der Waals surface area contributed by atoms with E-state index >= 15 is 0 Å². The van der Waals surface area contributed by atoms with E-state index in [1.54, 1.807) is 15.3 Å². The van der Waals surface area contributed by atoms with Gasteiger partial charge in [-0.05, 0) is 49.8 Å². The Balaban J connectivity index is 2.03. The van der Waals surface area contributed by atoms with Crippen molar-refractivity contribution in [3.8, 4) is 0 Å². The van der Waals surface area contributed by atoms with Crippen LogP contribution in [0, 0.1) is 11.8 Å². The van der Waals surface area contributed by atoms with E-state index in [0.29, 0.717) is 24.0 Å². The zero-order valence-corrected chi connectivity index (χ0v) is 11.9. The fourth-order valence-corrected chi connectivity index (χ4v) is 3.40. The van der Waals surface area contributed by atoms with Gasteiger partial charge in [-0.1, -0.05) is 19.4 Å². The van der Waals surface area contributed by atoms with Crippen molar-refractivity contribution in [3.05, 3.63) is 34.9 Å². The second-order valence-corrected chi connectivity index (χ2v) is 5.81. The molecule has 2 aromatic heterocycles. The van der Waals surface area contributed by atoms with Crippen molar-refractivity contribution in [2.45, 2.75) is 38.6 Å². The molecule has 20 heavy (non-hydrogen) atoms. The van der Waals surface area contributed by atoms with Crippen molar-refractivity contribution < 1.29 is 0 Å². The van der Waals surface area contributed by atoms with E-state index in [-0.39, 0.29) is 11.7 Å². The summed E-state index contributed by atoms with van der Waals surface area (Å²) in [5, 5.41) is 4.51. The summed E-state index contributed by atoms with van der Waals surface area (Å²) in [5.74, 6) is 1.04. The second kappa shape index (κ2) is 5.40. The molecule has 108 valence electrons. The molecule has 5 heteroatoms. The zero-order valence-electron chi connectivity index (χ0n) is 11.9. The average Bonchev–Trinajstić information content (AvgIpc) is 2.84. The number of nitrogens with two attached hydrogens (primary N) is 1. The first-order chi connectivity index (χ1) is 9.74. The average molecular weight is 274 g/mol. The van der Waals surface area contributed by atoms with Crippen molar-refractivity contribution >= 4 is 5.65 Å². The van der Waals surface area contributed by atoms with Gasteiger partial charge in [0.05, 0.1) is 6.04 Å². The van der Waals surface area contributed by atoms with E-state index < -0.39 is 0 Å². The minimum absolute atomic E-state index is 0.0409. The van der Waals surface area contributed by atoms with Gasteiger partial charge in [0, 0.05) is 6.20 Å². The first-order valence-corrected chi connectivity index (χ1v) is 7.50. The summed E-state index contributed by atoms with van der Waals surface area (Å²) in [4.78, 5) is 12.5. The highest BCUT2D eigenvalue weighted by molar-refractivity contribution is 5.35. The van der Waals surface area contributed by atoms with E-state index in [1.807, 2.05) is 18.2 Å². The molecule has 1 aliphatic carbocycles. The fourth-order valence-electron chi connectivity index (χ4n) is 3.40. The van der Waals surface area contributed by atoms with Crippen LogP contribution in [0.3, 0.4) is 0 Å². The molecule has 0 bridgehead atoms. The van der Waals surface area contributed by atoms with Gasteiger partial charge < -0.3 is 5.73 Å². The van der Waals surface area contributed by atoms with Gasteiger partial charge in [-0.25, -0.2) is 9.48 Å². The topological polar surface area (TPSA) is 65.3 Å². The number of rotatable bonds is 3. The number of aromatic nitrogens is 3. The summed E-state index contributed by atoms with van der Waals surface area (Å²) < 4.78 is 3.29. The molecular formula is C15H22N4O. The highest BCUT2D eigenvalue weighted by Crippen LogP contribution is 2.37. The molecular weight excluding hydrogens is 252 g/mol. The molecule has 1 aliphatic rings. The number of hydrogen-bond donors (Lipinski definition) is 1. The highest BCUT2D eigenvalue weighted by Gasteiger charge is 2.32. The molecule has 2 N–H and O–H groups in total. The van der Waals surface area contributed by atoms with Crippen LogP contribution in [-0.2, 0) is 0 Å². The molecule has 1 fully saturated rings. The summed E-state index contributed by atoms with van der Waals surface area (Å²) in [6, 6.07) is 5.78. The van der Waals surface area contributed by atoms with Crippen LogP contribution >= 0.6 is 0 Å². The van der Waals surface area contributed by atoms with Gasteiger partial charge in [-0.2, -0.15) is 0 Å². The molecule has 0 radical (unpaired) electrons. The molecule has 0 saturated heterocycles. The third-order valence-corrected chi connectivity index (χ3v) is 4.71. The van der Waals surface area contributed by atoms with Gasteiger partial charge in [0.25, 0.3) is 0 Å². The van der Waals surface area contributed by atoms with Gasteiger partial charge in [0.2, 0.25) is 0 Å². The maximum Gasteiger partial charge on any atom is 0.350 e. The third kappa shape index (κ3) is 2.16. The summed E-state index contributed by atoms with van der Waals surface area (Å²) in [6.07, 6.45) is 6.27. The molecule has 3 atom stereocenters.